The van der Waals surface area contributed by atoms with Gasteiger partial charge >= 0.3 is 0 Å². The molecule has 0 aliphatic carbocycles. The molecule has 0 radical (unpaired) electrons. The maximum Gasteiger partial charge on any atom is 0.140 e. The van der Waals surface area contributed by atoms with Gasteiger partial charge in [-0.1, -0.05) is 12.1 Å². The minimum absolute atomic E-state index is 0.459. The van der Waals surface area contributed by atoms with E-state index in [-0.39, 0.29) is 0 Å². The lowest BCUT2D eigenvalue weighted by atomic mass is 10.2. The Balaban J connectivity index is 1.96. The van der Waals surface area contributed by atoms with Crippen LogP contribution >= 0.6 is 22.9 Å². The number of hydrogen-bond acceptors (Lipinski definition) is 3. The monoisotopic (exact) mass is 253 g/mol. The zero-order valence-corrected chi connectivity index (χ0v) is 10.5. The van der Waals surface area contributed by atoms with Gasteiger partial charge in [0.25, 0.3) is 0 Å². The number of rotatable bonds is 4. The van der Waals surface area contributed by atoms with Crippen molar-refractivity contribution in [1.29, 1.82) is 0 Å². The number of aryl methyl sites for hydroxylation is 1. The van der Waals surface area contributed by atoms with Crippen LogP contribution < -0.4 is 4.74 Å². The van der Waals surface area contributed by atoms with Crippen molar-refractivity contribution in [2.75, 3.05) is 0 Å². The van der Waals surface area contributed by atoms with E-state index < -0.39 is 0 Å². The van der Waals surface area contributed by atoms with Crippen molar-refractivity contribution in [3.63, 3.8) is 0 Å². The van der Waals surface area contributed by atoms with E-state index in [1.54, 1.807) is 11.3 Å². The number of nitrogens with zero attached hydrogens (tertiary/aromatic N) is 1. The van der Waals surface area contributed by atoms with Crippen LogP contribution in [0.15, 0.2) is 29.6 Å². The fraction of sp³-hybridized carbons (Fsp3) is 0.250. The number of benzene rings is 1. The zero-order chi connectivity index (χ0) is 11.4. The molecule has 0 bridgehead atoms. The average molecular weight is 254 g/mol. The Bertz CT molecular complexity index is 470. The fourth-order valence-electron chi connectivity index (χ4n) is 1.33. The van der Waals surface area contributed by atoms with Gasteiger partial charge in [-0.3, -0.25) is 0 Å². The van der Waals surface area contributed by atoms with E-state index in [1.807, 2.05) is 36.6 Å². The summed E-state index contributed by atoms with van der Waals surface area (Å²) in [4.78, 5) is 4.33. The molecule has 0 saturated heterocycles. The average Bonchev–Trinajstić information content (AvgIpc) is 2.74. The summed E-state index contributed by atoms with van der Waals surface area (Å²) in [5.41, 5.74) is 2.10. The Hall–Kier alpha value is -1.06. The SMILES string of the molecule is Cc1cccc(OCc2nc(CCl)cs2)c1. The van der Waals surface area contributed by atoms with E-state index >= 15 is 0 Å². The van der Waals surface area contributed by atoms with E-state index in [4.69, 9.17) is 16.3 Å². The van der Waals surface area contributed by atoms with Crippen molar-refractivity contribution in [2.45, 2.75) is 19.4 Å². The summed E-state index contributed by atoms with van der Waals surface area (Å²) in [6.07, 6.45) is 0. The highest BCUT2D eigenvalue weighted by molar-refractivity contribution is 7.09. The number of hydrogen-bond donors (Lipinski definition) is 0. The summed E-state index contributed by atoms with van der Waals surface area (Å²) < 4.78 is 5.64. The Morgan fingerprint density at radius 1 is 1.44 bits per heavy atom. The number of halogens is 1. The summed E-state index contributed by atoms with van der Waals surface area (Å²) in [7, 11) is 0. The predicted octanol–water partition coefficient (Wildman–Crippen LogP) is 3.77. The Labute approximate surface area is 104 Å². The Morgan fingerprint density at radius 3 is 3.00 bits per heavy atom. The normalized spacial score (nSPS) is 10.4. The fourth-order valence-corrected chi connectivity index (χ4v) is 2.26. The van der Waals surface area contributed by atoms with E-state index in [0.717, 1.165) is 16.5 Å². The van der Waals surface area contributed by atoms with Crippen LogP contribution in [-0.4, -0.2) is 4.98 Å². The van der Waals surface area contributed by atoms with E-state index in [1.165, 1.54) is 5.56 Å². The molecule has 0 atom stereocenters. The van der Waals surface area contributed by atoms with Crippen LogP contribution in [0.25, 0.3) is 0 Å². The minimum Gasteiger partial charge on any atom is -0.486 e. The third-order valence-electron chi connectivity index (χ3n) is 2.09. The van der Waals surface area contributed by atoms with Crippen LogP contribution in [0.2, 0.25) is 0 Å². The van der Waals surface area contributed by atoms with Crippen LogP contribution in [0.3, 0.4) is 0 Å². The van der Waals surface area contributed by atoms with E-state index in [9.17, 15) is 0 Å². The van der Waals surface area contributed by atoms with Gasteiger partial charge in [0.05, 0.1) is 11.6 Å². The van der Waals surface area contributed by atoms with Gasteiger partial charge < -0.3 is 4.74 Å². The van der Waals surface area contributed by atoms with Crippen molar-refractivity contribution >= 4 is 22.9 Å². The second-order valence-corrected chi connectivity index (χ2v) is 4.68. The molecular formula is C12H12ClNOS. The molecule has 0 saturated carbocycles. The first-order chi connectivity index (χ1) is 7.78. The van der Waals surface area contributed by atoms with Gasteiger partial charge in [-0.2, -0.15) is 0 Å². The van der Waals surface area contributed by atoms with Crippen LogP contribution in [0.1, 0.15) is 16.3 Å². The number of alkyl halides is 1. The number of ether oxygens (including phenoxy) is 1. The van der Waals surface area contributed by atoms with Gasteiger partial charge in [0.1, 0.15) is 17.4 Å². The number of thiazole rings is 1. The largest absolute Gasteiger partial charge is 0.486 e. The van der Waals surface area contributed by atoms with Crippen LogP contribution in [0.5, 0.6) is 5.75 Å². The van der Waals surface area contributed by atoms with Gasteiger partial charge in [0, 0.05) is 5.38 Å². The van der Waals surface area contributed by atoms with Crippen molar-refractivity contribution in [1.82, 2.24) is 4.98 Å². The molecule has 1 aromatic heterocycles. The summed E-state index contributed by atoms with van der Waals surface area (Å²) in [5, 5.41) is 2.92. The third kappa shape index (κ3) is 2.97. The first kappa shape index (κ1) is 11.4. The zero-order valence-electron chi connectivity index (χ0n) is 8.94. The highest BCUT2D eigenvalue weighted by Gasteiger charge is 2.02. The topological polar surface area (TPSA) is 22.1 Å². The predicted molar refractivity (Wildman–Crippen MR) is 67.2 cm³/mol. The van der Waals surface area contributed by atoms with Crippen molar-refractivity contribution in [3.05, 3.63) is 45.9 Å². The van der Waals surface area contributed by atoms with Crippen molar-refractivity contribution in [3.8, 4) is 5.75 Å². The second kappa shape index (κ2) is 5.32. The van der Waals surface area contributed by atoms with Crippen LogP contribution in [0.4, 0.5) is 0 Å². The molecule has 2 aromatic rings. The molecule has 0 fully saturated rings. The Morgan fingerprint density at radius 2 is 2.31 bits per heavy atom. The molecule has 84 valence electrons. The molecule has 16 heavy (non-hydrogen) atoms. The lowest BCUT2D eigenvalue weighted by molar-refractivity contribution is 0.305. The third-order valence-corrected chi connectivity index (χ3v) is 3.23. The minimum atomic E-state index is 0.459. The quantitative estimate of drug-likeness (QED) is 0.774. The molecule has 4 heteroatoms. The highest BCUT2D eigenvalue weighted by Crippen LogP contribution is 2.17. The summed E-state index contributed by atoms with van der Waals surface area (Å²) in [5.74, 6) is 1.34. The molecule has 1 heterocycles. The molecule has 0 N–H and O–H groups in total. The summed E-state index contributed by atoms with van der Waals surface area (Å²) >= 11 is 7.26. The molecule has 0 amide bonds. The van der Waals surface area contributed by atoms with Gasteiger partial charge in [-0.25, -0.2) is 4.98 Å². The van der Waals surface area contributed by atoms with Crippen LogP contribution in [-0.2, 0) is 12.5 Å². The first-order valence-corrected chi connectivity index (χ1v) is 6.38. The second-order valence-electron chi connectivity index (χ2n) is 3.47. The molecule has 1 aromatic carbocycles. The molecular weight excluding hydrogens is 242 g/mol. The van der Waals surface area contributed by atoms with Crippen molar-refractivity contribution < 1.29 is 4.74 Å². The standard InChI is InChI=1S/C12H12ClNOS/c1-9-3-2-4-11(5-9)15-7-12-14-10(6-13)8-16-12/h2-5,8H,6-7H2,1H3. The summed E-state index contributed by atoms with van der Waals surface area (Å²) in [6.45, 7) is 2.55. The van der Waals surface area contributed by atoms with Gasteiger partial charge in [0.15, 0.2) is 0 Å². The molecule has 2 nitrogen and oxygen atoms in total. The van der Waals surface area contributed by atoms with E-state index in [2.05, 4.69) is 4.98 Å². The molecule has 0 spiro atoms. The smallest absolute Gasteiger partial charge is 0.140 e. The molecule has 2 rings (SSSR count). The first-order valence-electron chi connectivity index (χ1n) is 4.96. The van der Waals surface area contributed by atoms with Crippen LogP contribution in [0, 0.1) is 6.92 Å². The maximum atomic E-state index is 5.68. The molecule has 0 aliphatic heterocycles. The molecule has 0 unspecified atom stereocenters. The lowest BCUT2D eigenvalue weighted by Crippen LogP contribution is -1.95. The van der Waals surface area contributed by atoms with Crippen molar-refractivity contribution in [2.24, 2.45) is 0 Å². The van der Waals surface area contributed by atoms with E-state index in [0.29, 0.717) is 12.5 Å². The van der Waals surface area contributed by atoms with Gasteiger partial charge in [-0.15, -0.1) is 22.9 Å². The lowest BCUT2D eigenvalue weighted by Gasteiger charge is -2.04. The highest BCUT2D eigenvalue weighted by atomic mass is 35.5. The summed E-state index contributed by atoms with van der Waals surface area (Å²) in [6, 6.07) is 7.98. The maximum absolute atomic E-state index is 5.68. The van der Waals surface area contributed by atoms with Gasteiger partial charge in [0.2, 0.25) is 0 Å². The Kier molecular flexibility index (Phi) is 3.80. The van der Waals surface area contributed by atoms with Gasteiger partial charge in [-0.05, 0) is 24.6 Å². The number of aromatic nitrogens is 1. The molecule has 0 aliphatic rings.